The molecule has 0 spiro atoms. The summed E-state index contributed by atoms with van der Waals surface area (Å²) in [6, 6.07) is 48.1. The number of para-hydroxylation sites is 4. The fourth-order valence-electron chi connectivity index (χ4n) is 8.56. The van der Waals surface area contributed by atoms with Crippen LogP contribution < -0.4 is 0 Å². The van der Waals surface area contributed by atoms with Crippen LogP contribution in [0.15, 0.2) is 130 Å². The molecular formula is C46H20N6O2. The third-order valence-corrected chi connectivity index (χ3v) is 10.7. The van der Waals surface area contributed by atoms with Gasteiger partial charge in [-0.1, -0.05) is 72.8 Å². The summed E-state index contributed by atoms with van der Waals surface area (Å²) in [7, 11) is 0. The average Bonchev–Trinajstić information content (AvgIpc) is 3.97. The van der Waals surface area contributed by atoms with Gasteiger partial charge < -0.3 is 18.0 Å². The summed E-state index contributed by atoms with van der Waals surface area (Å²) in [5.74, 6) is 0. The fraction of sp³-hybridized carbons (Fsp3) is 0. The van der Waals surface area contributed by atoms with Crippen molar-refractivity contribution >= 4 is 87.5 Å². The summed E-state index contributed by atoms with van der Waals surface area (Å²) in [6.07, 6.45) is 0. The third kappa shape index (κ3) is 3.56. The van der Waals surface area contributed by atoms with Crippen molar-refractivity contribution in [1.82, 2.24) is 9.13 Å². The molecule has 0 aliphatic heterocycles. The van der Waals surface area contributed by atoms with E-state index in [-0.39, 0.29) is 33.6 Å². The molecule has 0 amide bonds. The molecule has 0 fully saturated rings. The van der Waals surface area contributed by atoms with Gasteiger partial charge in [0, 0.05) is 32.3 Å². The van der Waals surface area contributed by atoms with Crippen LogP contribution in [0.25, 0.3) is 98.9 Å². The van der Waals surface area contributed by atoms with Gasteiger partial charge in [-0.05, 0) is 48.5 Å². The lowest BCUT2D eigenvalue weighted by atomic mass is 9.94. The standard InChI is InChI=1S/C46H20N6O2/c47-21-31-33(23-49)44(52-36-14-6-2-12-30(36)42-38(52)20-18-28-26-10-4-8-16-40(26)54-46(28)42)34(24-50)32(22-48)43(31)51-35-13-5-1-11-29(35)41-37(51)19-17-27-25-9-3-7-15-39(25)53-45(27)41/h1-20H. The Morgan fingerprint density at radius 2 is 0.704 bits per heavy atom. The molecule has 0 bridgehead atoms. The zero-order valence-electron chi connectivity index (χ0n) is 28.0. The smallest absolute Gasteiger partial charge is 0.145 e. The van der Waals surface area contributed by atoms with Crippen LogP contribution in [-0.2, 0) is 0 Å². The molecule has 7 aromatic carbocycles. The maximum absolute atomic E-state index is 11.0. The van der Waals surface area contributed by atoms with Crippen LogP contribution in [-0.4, -0.2) is 9.13 Å². The van der Waals surface area contributed by atoms with Gasteiger partial charge in [0.25, 0.3) is 0 Å². The highest BCUT2D eigenvalue weighted by atomic mass is 16.3. The quantitative estimate of drug-likeness (QED) is 0.178. The van der Waals surface area contributed by atoms with Gasteiger partial charge >= 0.3 is 0 Å². The van der Waals surface area contributed by atoms with Gasteiger partial charge in [-0.3, -0.25) is 0 Å². The topological polar surface area (TPSA) is 131 Å². The molecule has 0 saturated heterocycles. The van der Waals surface area contributed by atoms with E-state index < -0.39 is 0 Å². The summed E-state index contributed by atoms with van der Waals surface area (Å²) in [5.41, 5.74) is 5.77. The number of hydrogen-bond donors (Lipinski definition) is 0. The van der Waals surface area contributed by atoms with Crippen LogP contribution in [0.1, 0.15) is 22.3 Å². The van der Waals surface area contributed by atoms with E-state index in [1.807, 2.05) is 130 Å². The Morgan fingerprint density at radius 1 is 0.352 bits per heavy atom. The Labute approximate surface area is 304 Å². The molecule has 0 saturated carbocycles. The van der Waals surface area contributed by atoms with Crippen molar-refractivity contribution in [3.8, 4) is 35.7 Å². The van der Waals surface area contributed by atoms with Crippen molar-refractivity contribution in [3.63, 3.8) is 0 Å². The molecule has 11 aromatic rings. The second kappa shape index (κ2) is 10.6. The van der Waals surface area contributed by atoms with E-state index in [0.29, 0.717) is 33.2 Å². The Bertz CT molecular complexity index is 3380. The molecule has 54 heavy (non-hydrogen) atoms. The summed E-state index contributed by atoms with van der Waals surface area (Å²) in [6.45, 7) is 0. The second-order valence-corrected chi connectivity index (χ2v) is 13.2. The van der Waals surface area contributed by atoms with E-state index in [1.165, 1.54) is 0 Å². The Balaban J connectivity index is 1.31. The first-order valence-electron chi connectivity index (χ1n) is 17.2. The molecule has 11 rings (SSSR count). The molecule has 4 aromatic heterocycles. The van der Waals surface area contributed by atoms with Crippen LogP contribution in [0.3, 0.4) is 0 Å². The van der Waals surface area contributed by atoms with Gasteiger partial charge in [0.2, 0.25) is 0 Å². The summed E-state index contributed by atoms with van der Waals surface area (Å²) in [5, 5.41) is 51.2. The predicted molar refractivity (Wildman–Crippen MR) is 209 cm³/mol. The van der Waals surface area contributed by atoms with E-state index in [4.69, 9.17) is 8.83 Å². The number of benzene rings is 7. The normalized spacial score (nSPS) is 11.6. The number of fused-ring (bicyclic) bond motifs is 14. The number of furan rings is 2. The summed E-state index contributed by atoms with van der Waals surface area (Å²) >= 11 is 0. The van der Waals surface area contributed by atoms with Crippen molar-refractivity contribution < 1.29 is 8.83 Å². The van der Waals surface area contributed by atoms with E-state index in [9.17, 15) is 21.0 Å². The van der Waals surface area contributed by atoms with Gasteiger partial charge in [0.15, 0.2) is 0 Å². The molecule has 0 N–H and O–H groups in total. The molecule has 0 atom stereocenters. The molecule has 0 radical (unpaired) electrons. The SMILES string of the molecule is N#Cc1c(C#N)c(-n2c3ccccc3c3c4oc5ccccc5c4ccc32)c(C#N)c(C#N)c1-n1c2ccccc2c2c3oc4ccccc4c3ccc21. The number of nitrogens with zero attached hydrogens (tertiary/aromatic N) is 6. The summed E-state index contributed by atoms with van der Waals surface area (Å²) in [4.78, 5) is 0. The number of rotatable bonds is 2. The van der Waals surface area contributed by atoms with Crippen molar-refractivity contribution in [2.45, 2.75) is 0 Å². The maximum Gasteiger partial charge on any atom is 0.145 e. The zero-order valence-corrected chi connectivity index (χ0v) is 28.0. The first kappa shape index (κ1) is 29.4. The lowest BCUT2D eigenvalue weighted by Crippen LogP contribution is -2.11. The zero-order chi connectivity index (χ0) is 36.2. The minimum Gasteiger partial charge on any atom is -0.455 e. The molecule has 0 unspecified atom stereocenters. The lowest BCUT2D eigenvalue weighted by Gasteiger charge is -2.19. The molecule has 8 nitrogen and oxygen atoms in total. The first-order valence-corrected chi connectivity index (χ1v) is 17.2. The highest BCUT2D eigenvalue weighted by Gasteiger charge is 2.31. The van der Waals surface area contributed by atoms with Gasteiger partial charge in [-0.2, -0.15) is 21.0 Å². The minimum absolute atomic E-state index is 0.0221. The fourth-order valence-corrected chi connectivity index (χ4v) is 8.56. The maximum atomic E-state index is 11.0. The second-order valence-electron chi connectivity index (χ2n) is 13.2. The highest BCUT2D eigenvalue weighted by Crippen LogP contribution is 2.46. The van der Waals surface area contributed by atoms with E-state index in [0.717, 1.165) is 54.3 Å². The van der Waals surface area contributed by atoms with E-state index >= 15 is 0 Å². The molecule has 8 heteroatoms. The molecule has 246 valence electrons. The van der Waals surface area contributed by atoms with Crippen molar-refractivity contribution in [3.05, 3.63) is 144 Å². The van der Waals surface area contributed by atoms with Gasteiger partial charge in [-0.15, -0.1) is 0 Å². The third-order valence-electron chi connectivity index (χ3n) is 10.7. The number of hydrogen-bond acceptors (Lipinski definition) is 6. The molecule has 0 aliphatic rings. The Morgan fingerprint density at radius 3 is 1.09 bits per heavy atom. The van der Waals surface area contributed by atoms with Crippen LogP contribution in [0.5, 0.6) is 0 Å². The van der Waals surface area contributed by atoms with Crippen molar-refractivity contribution in [1.29, 1.82) is 21.0 Å². The monoisotopic (exact) mass is 688 g/mol. The molecule has 0 aliphatic carbocycles. The highest BCUT2D eigenvalue weighted by molar-refractivity contribution is 6.25. The number of nitriles is 4. The van der Waals surface area contributed by atoms with E-state index in [1.54, 1.807) is 0 Å². The molecule has 4 heterocycles. The first-order chi connectivity index (χ1) is 26.7. The number of aromatic nitrogens is 2. The minimum atomic E-state index is -0.0221. The van der Waals surface area contributed by atoms with E-state index in [2.05, 4.69) is 24.3 Å². The summed E-state index contributed by atoms with van der Waals surface area (Å²) < 4.78 is 16.6. The largest absolute Gasteiger partial charge is 0.455 e. The van der Waals surface area contributed by atoms with Crippen molar-refractivity contribution in [2.24, 2.45) is 0 Å². The van der Waals surface area contributed by atoms with Crippen LogP contribution >= 0.6 is 0 Å². The van der Waals surface area contributed by atoms with Gasteiger partial charge in [0.1, 0.15) is 46.6 Å². The lowest BCUT2D eigenvalue weighted by molar-refractivity contribution is 0.672. The average molecular weight is 689 g/mol. The van der Waals surface area contributed by atoms with Crippen LogP contribution in [0.4, 0.5) is 0 Å². The Hall–Kier alpha value is -8.30. The van der Waals surface area contributed by atoms with Crippen LogP contribution in [0, 0.1) is 45.3 Å². The molecular weight excluding hydrogens is 669 g/mol. The van der Waals surface area contributed by atoms with Gasteiger partial charge in [0.05, 0.1) is 66.5 Å². The van der Waals surface area contributed by atoms with Crippen molar-refractivity contribution in [2.75, 3.05) is 0 Å². The van der Waals surface area contributed by atoms with Crippen LogP contribution in [0.2, 0.25) is 0 Å². The Kier molecular flexibility index (Phi) is 5.78. The van der Waals surface area contributed by atoms with Gasteiger partial charge in [-0.25, -0.2) is 0 Å². The predicted octanol–water partition coefficient (Wildman–Crippen LogP) is 11.2.